The van der Waals surface area contributed by atoms with Gasteiger partial charge in [0.05, 0.1) is 11.4 Å². The molecule has 1 aromatic heterocycles. The van der Waals surface area contributed by atoms with Gasteiger partial charge in [-0.3, -0.25) is 0 Å². The molecule has 2 heteroatoms. The molecule has 2 nitrogen and oxygen atoms in total. The second-order valence-electron chi connectivity index (χ2n) is 16.1. The molecule has 0 saturated heterocycles. The highest BCUT2D eigenvalue weighted by Crippen LogP contribution is 2.52. The van der Waals surface area contributed by atoms with Crippen LogP contribution in [0.3, 0.4) is 0 Å². The van der Waals surface area contributed by atoms with Crippen LogP contribution in [-0.2, 0) is 5.41 Å². The van der Waals surface area contributed by atoms with Gasteiger partial charge in [-0.05, 0) is 95.4 Å². The van der Waals surface area contributed by atoms with Crippen molar-refractivity contribution in [3.63, 3.8) is 0 Å². The summed E-state index contributed by atoms with van der Waals surface area (Å²) < 4.78 is 0. The lowest BCUT2D eigenvalue weighted by Crippen LogP contribution is -2.15. The second kappa shape index (κ2) is 13.9. The number of benzene rings is 9. The third-order valence-electron chi connectivity index (χ3n) is 12.3. The van der Waals surface area contributed by atoms with Gasteiger partial charge in [0, 0.05) is 22.1 Å². The fourth-order valence-electron chi connectivity index (χ4n) is 9.30. The van der Waals surface area contributed by atoms with E-state index in [9.17, 15) is 0 Å². The van der Waals surface area contributed by atoms with E-state index in [0.717, 1.165) is 33.5 Å². The maximum absolute atomic E-state index is 5.25. The summed E-state index contributed by atoms with van der Waals surface area (Å²) in [5, 5.41) is 4.94. The van der Waals surface area contributed by atoms with Gasteiger partial charge in [0.1, 0.15) is 0 Å². The van der Waals surface area contributed by atoms with Crippen LogP contribution >= 0.6 is 0 Å². The molecule has 0 radical (unpaired) electrons. The van der Waals surface area contributed by atoms with E-state index in [0.29, 0.717) is 5.82 Å². The Labute approximate surface area is 345 Å². The van der Waals surface area contributed by atoms with Crippen molar-refractivity contribution in [1.82, 2.24) is 9.97 Å². The number of nitrogens with zero attached hydrogens (tertiary/aromatic N) is 2. The smallest absolute Gasteiger partial charge is 0.161 e. The SMILES string of the molecule is CC1(C)c2cc(-c3ccc(-c4ccc(-c5nc(-c6ccccc6)cc(-c6ccc(-c7ccccc7)cc6)n5)c5ccccc45)cc3)ccc2-c2ccc3ccccc3c21. The lowest BCUT2D eigenvalue weighted by molar-refractivity contribution is 0.666. The van der Waals surface area contributed by atoms with E-state index in [1.54, 1.807) is 0 Å². The first-order valence-electron chi connectivity index (χ1n) is 20.4. The van der Waals surface area contributed by atoms with E-state index < -0.39 is 0 Å². The van der Waals surface area contributed by atoms with Crippen molar-refractivity contribution in [3.8, 4) is 78.4 Å². The molecular weight excluding hydrogens is 713 g/mol. The molecule has 0 fully saturated rings. The number of aromatic nitrogens is 2. The Kier molecular flexibility index (Phi) is 8.20. The van der Waals surface area contributed by atoms with Crippen molar-refractivity contribution in [1.29, 1.82) is 0 Å². The minimum atomic E-state index is -0.0970. The fraction of sp³-hybridized carbons (Fsp3) is 0.0526. The van der Waals surface area contributed by atoms with Crippen molar-refractivity contribution >= 4 is 21.5 Å². The van der Waals surface area contributed by atoms with Crippen LogP contribution in [0, 0.1) is 0 Å². The number of rotatable bonds is 6. The molecule has 0 unspecified atom stereocenters. The summed E-state index contributed by atoms with van der Waals surface area (Å²) in [5.41, 5.74) is 17.5. The molecule has 1 aliphatic carbocycles. The van der Waals surface area contributed by atoms with Crippen LogP contribution < -0.4 is 0 Å². The Morgan fingerprint density at radius 1 is 0.322 bits per heavy atom. The van der Waals surface area contributed by atoms with Crippen molar-refractivity contribution in [2.45, 2.75) is 19.3 Å². The molecule has 0 spiro atoms. The first kappa shape index (κ1) is 34.8. The summed E-state index contributed by atoms with van der Waals surface area (Å²) in [6.45, 7) is 4.75. The predicted molar refractivity (Wildman–Crippen MR) is 247 cm³/mol. The summed E-state index contributed by atoms with van der Waals surface area (Å²) in [5.74, 6) is 0.710. The lowest BCUT2D eigenvalue weighted by Gasteiger charge is -2.23. The van der Waals surface area contributed by atoms with Gasteiger partial charge in [-0.2, -0.15) is 0 Å². The highest BCUT2D eigenvalue weighted by Gasteiger charge is 2.37. The summed E-state index contributed by atoms with van der Waals surface area (Å²) in [6, 6.07) is 74.2. The van der Waals surface area contributed by atoms with E-state index in [1.165, 1.54) is 71.8 Å². The maximum atomic E-state index is 5.25. The summed E-state index contributed by atoms with van der Waals surface area (Å²) in [4.78, 5) is 10.5. The van der Waals surface area contributed by atoms with E-state index in [-0.39, 0.29) is 5.41 Å². The summed E-state index contributed by atoms with van der Waals surface area (Å²) in [7, 11) is 0. The Morgan fingerprint density at radius 3 is 1.47 bits per heavy atom. The molecule has 0 aliphatic heterocycles. The van der Waals surface area contributed by atoms with Crippen LogP contribution in [0.25, 0.3) is 100.0 Å². The predicted octanol–water partition coefficient (Wildman–Crippen LogP) is 15.1. The van der Waals surface area contributed by atoms with Crippen LogP contribution in [-0.4, -0.2) is 9.97 Å². The first-order chi connectivity index (χ1) is 29.0. The molecule has 0 amide bonds. The molecular formula is C57H40N2. The van der Waals surface area contributed by atoms with Crippen molar-refractivity contribution in [3.05, 3.63) is 217 Å². The molecule has 11 rings (SSSR count). The topological polar surface area (TPSA) is 25.8 Å². The molecule has 0 saturated carbocycles. The molecule has 0 atom stereocenters. The number of hydrogen-bond donors (Lipinski definition) is 0. The van der Waals surface area contributed by atoms with E-state index >= 15 is 0 Å². The van der Waals surface area contributed by atoms with Crippen LogP contribution in [0.1, 0.15) is 25.0 Å². The molecule has 1 heterocycles. The molecule has 0 bridgehead atoms. The minimum absolute atomic E-state index is 0.0970. The highest BCUT2D eigenvalue weighted by atomic mass is 14.9. The Morgan fingerprint density at radius 2 is 0.780 bits per heavy atom. The zero-order valence-electron chi connectivity index (χ0n) is 33.0. The summed E-state index contributed by atoms with van der Waals surface area (Å²) >= 11 is 0. The fourth-order valence-corrected chi connectivity index (χ4v) is 9.30. The van der Waals surface area contributed by atoms with Crippen molar-refractivity contribution in [2.24, 2.45) is 0 Å². The van der Waals surface area contributed by atoms with Gasteiger partial charge in [0.25, 0.3) is 0 Å². The van der Waals surface area contributed by atoms with E-state index in [2.05, 4.69) is 208 Å². The Balaban J connectivity index is 0.957. The van der Waals surface area contributed by atoms with Crippen LogP contribution in [0.2, 0.25) is 0 Å². The van der Waals surface area contributed by atoms with Gasteiger partial charge in [0.15, 0.2) is 5.82 Å². The largest absolute Gasteiger partial charge is 0.228 e. The average molecular weight is 753 g/mol. The van der Waals surface area contributed by atoms with Gasteiger partial charge in [0.2, 0.25) is 0 Å². The highest BCUT2D eigenvalue weighted by molar-refractivity contribution is 6.04. The Hall–Kier alpha value is -7.42. The normalized spacial score (nSPS) is 12.7. The summed E-state index contributed by atoms with van der Waals surface area (Å²) in [6.07, 6.45) is 0. The monoisotopic (exact) mass is 752 g/mol. The minimum Gasteiger partial charge on any atom is -0.228 e. The molecule has 0 N–H and O–H groups in total. The zero-order chi connectivity index (χ0) is 39.5. The lowest BCUT2D eigenvalue weighted by atomic mass is 9.79. The molecule has 1 aliphatic rings. The number of hydrogen-bond acceptors (Lipinski definition) is 2. The third kappa shape index (κ3) is 5.96. The van der Waals surface area contributed by atoms with Gasteiger partial charge in [-0.25, -0.2) is 9.97 Å². The standard InChI is InChI=1S/C57H40N2/c1-57(2)52-35-44(30-31-49(52)50-32-29-40-15-9-10-18-46(40)55(50)57)39-21-25-41(26-22-39)45-33-34-51(48-20-12-11-19-47(45)48)56-58-53(42-16-7-4-8-17-42)36-54(59-56)43-27-23-38(24-28-43)37-13-5-3-6-14-37/h3-36H,1-2H3. The van der Waals surface area contributed by atoms with E-state index in [1.807, 2.05) is 12.1 Å². The van der Waals surface area contributed by atoms with Gasteiger partial charge >= 0.3 is 0 Å². The maximum Gasteiger partial charge on any atom is 0.161 e. The van der Waals surface area contributed by atoms with Crippen LogP contribution in [0.5, 0.6) is 0 Å². The second-order valence-corrected chi connectivity index (χ2v) is 16.1. The van der Waals surface area contributed by atoms with Crippen LogP contribution in [0.4, 0.5) is 0 Å². The van der Waals surface area contributed by atoms with Gasteiger partial charge < -0.3 is 0 Å². The quantitative estimate of drug-likeness (QED) is 0.169. The first-order valence-corrected chi connectivity index (χ1v) is 20.4. The van der Waals surface area contributed by atoms with E-state index in [4.69, 9.17) is 9.97 Å². The molecule has 9 aromatic carbocycles. The third-order valence-corrected chi connectivity index (χ3v) is 12.3. The van der Waals surface area contributed by atoms with Crippen molar-refractivity contribution in [2.75, 3.05) is 0 Å². The molecule has 278 valence electrons. The van der Waals surface area contributed by atoms with Crippen LogP contribution in [0.15, 0.2) is 206 Å². The van der Waals surface area contributed by atoms with Gasteiger partial charge in [-0.15, -0.1) is 0 Å². The molecule has 10 aromatic rings. The molecule has 59 heavy (non-hydrogen) atoms. The van der Waals surface area contributed by atoms with Gasteiger partial charge in [-0.1, -0.05) is 202 Å². The number of fused-ring (bicyclic) bond motifs is 6. The van der Waals surface area contributed by atoms with Crippen molar-refractivity contribution < 1.29 is 0 Å². The zero-order valence-corrected chi connectivity index (χ0v) is 33.0. The average Bonchev–Trinajstić information content (AvgIpc) is 3.54. The Bertz CT molecular complexity index is 3200.